The molecular formula is C26H29FN2O3S. The number of anilines is 1. The van der Waals surface area contributed by atoms with Gasteiger partial charge in [0.1, 0.15) is 12.4 Å². The molecule has 0 aliphatic carbocycles. The summed E-state index contributed by atoms with van der Waals surface area (Å²) in [6.07, 6.45) is 0.656. The number of aryl methyl sites for hydroxylation is 3. The number of amides is 1. The maximum absolute atomic E-state index is 13.4. The van der Waals surface area contributed by atoms with Crippen LogP contribution in [-0.4, -0.2) is 20.9 Å². The minimum atomic E-state index is -4.09. The molecule has 0 saturated carbocycles. The minimum Gasteiger partial charge on any atom is -0.348 e. The normalized spacial score (nSPS) is 12.3. The summed E-state index contributed by atoms with van der Waals surface area (Å²) >= 11 is 0. The molecule has 0 fully saturated rings. The van der Waals surface area contributed by atoms with E-state index in [1.54, 1.807) is 24.3 Å². The van der Waals surface area contributed by atoms with Gasteiger partial charge in [0.15, 0.2) is 0 Å². The number of carbonyl (C=O) groups excluding carboxylic acids is 1. The average molecular weight is 469 g/mol. The van der Waals surface area contributed by atoms with Crippen LogP contribution >= 0.6 is 0 Å². The Labute approximate surface area is 195 Å². The van der Waals surface area contributed by atoms with Crippen molar-refractivity contribution < 1.29 is 17.6 Å². The predicted molar refractivity (Wildman–Crippen MR) is 129 cm³/mol. The Kier molecular flexibility index (Phi) is 7.53. The lowest BCUT2D eigenvalue weighted by Gasteiger charge is -2.26. The van der Waals surface area contributed by atoms with E-state index in [2.05, 4.69) is 5.32 Å². The third-order valence-corrected chi connectivity index (χ3v) is 7.48. The lowest BCUT2D eigenvalue weighted by molar-refractivity contribution is -0.120. The topological polar surface area (TPSA) is 66.5 Å². The van der Waals surface area contributed by atoms with Gasteiger partial charge in [-0.2, -0.15) is 0 Å². The van der Waals surface area contributed by atoms with Crippen LogP contribution in [0.15, 0.2) is 71.6 Å². The highest BCUT2D eigenvalue weighted by Gasteiger charge is 2.28. The van der Waals surface area contributed by atoms with E-state index in [-0.39, 0.29) is 10.9 Å². The predicted octanol–water partition coefficient (Wildman–Crippen LogP) is 5.21. The standard InChI is InChI=1S/C26H29FN2O3S/c1-5-25(21-9-8-19(3)20(4)16-21)28-26(30)17-29(23-12-6-18(2)7-13-23)33(31,32)24-14-10-22(27)11-15-24/h6-16,25H,5,17H2,1-4H3,(H,28,30). The van der Waals surface area contributed by atoms with Crippen molar-refractivity contribution in [1.82, 2.24) is 5.32 Å². The van der Waals surface area contributed by atoms with Gasteiger partial charge in [0.2, 0.25) is 5.91 Å². The highest BCUT2D eigenvalue weighted by atomic mass is 32.2. The largest absolute Gasteiger partial charge is 0.348 e. The minimum absolute atomic E-state index is 0.0847. The molecule has 1 N–H and O–H groups in total. The van der Waals surface area contributed by atoms with Crippen LogP contribution in [0.25, 0.3) is 0 Å². The van der Waals surface area contributed by atoms with E-state index in [1.807, 2.05) is 45.9 Å². The number of hydrogen-bond acceptors (Lipinski definition) is 3. The second kappa shape index (κ2) is 10.2. The molecular weight excluding hydrogens is 439 g/mol. The molecule has 33 heavy (non-hydrogen) atoms. The number of benzene rings is 3. The van der Waals surface area contributed by atoms with Gasteiger partial charge in [0.05, 0.1) is 16.6 Å². The van der Waals surface area contributed by atoms with E-state index < -0.39 is 28.3 Å². The Morgan fingerprint density at radius 3 is 2.15 bits per heavy atom. The van der Waals surface area contributed by atoms with Gasteiger partial charge in [0.25, 0.3) is 10.0 Å². The summed E-state index contributed by atoms with van der Waals surface area (Å²) in [5.41, 5.74) is 4.58. The number of carbonyl (C=O) groups is 1. The molecule has 1 unspecified atom stereocenters. The maximum Gasteiger partial charge on any atom is 0.264 e. The molecule has 0 spiro atoms. The van der Waals surface area contributed by atoms with E-state index >= 15 is 0 Å². The SMILES string of the molecule is CCC(NC(=O)CN(c1ccc(C)cc1)S(=O)(=O)c1ccc(F)cc1)c1ccc(C)c(C)c1. The first-order valence-electron chi connectivity index (χ1n) is 10.8. The van der Waals surface area contributed by atoms with Gasteiger partial charge in [-0.05, 0) is 80.3 Å². The van der Waals surface area contributed by atoms with Crippen LogP contribution in [0.2, 0.25) is 0 Å². The zero-order valence-electron chi connectivity index (χ0n) is 19.3. The van der Waals surface area contributed by atoms with Crippen molar-refractivity contribution in [3.05, 3.63) is 94.8 Å². The van der Waals surface area contributed by atoms with Crippen molar-refractivity contribution >= 4 is 21.6 Å². The second-order valence-electron chi connectivity index (χ2n) is 8.17. The van der Waals surface area contributed by atoms with Gasteiger partial charge in [0, 0.05) is 0 Å². The number of halogens is 1. The molecule has 0 aliphatic rings. The fourth-order valence-electron chi connectivity index (χ4n) is 3.53. The average Bonchev–Trinajstić information content (AvgIpc) is 2.78. The van der Waals surface area contributed by atoms with Crippen LogP contribution in [0.1, 0.15) is 41.6 Å². The number of sulfonamides is 1. The maximum atomic E-state index is 13.4. The van der Waals surface area contributed by atoms with Crippen molar-refractivity contribution in [3.63, 3.8) is 0 Å². The molecule has 0 saturated heterocycles. The first kappa shape index (κ1) is 24.5. The summed E-state index contributed by atoms with van der Waals surface area (Å²) in [5.74, 6) is -0.959. The first-order chi connectivity index (χ1) is 15.6. The fourth-order valence-corrected chi connectivity index (χ4v) is 4.95. The summed E-state index contributed by atoms with van der Waals surface area (Å²) in [7, 11) is -4.09. The second-order valence-corrected chi connectivity index (χ2v) is 10.0. The van der Waals surface area contributed by atoms with E-state index in [9.17, 15) is 17.6 Å². The molecule has 0 bridgehead atoms. The van der Waals surface area contributed by atoms with Crippen molar-refractivity contribution in [2.24, 2.45) is 0 Å². The Morgan fingerprint density at radius 1 is 0.939 bits per heavy atom. The van der Waals surface area contributed by atoms with Crippen molar-refractivity contribution in [3.8, 4) is 0 Å². The van der Waals surface area contributed by atoms with E-state index in [0.717, 1.165) is 38.7 Å². The zero-order valence-corrected chi connectivity index (χ0v) is 20.1. The summed E-state index contributed by atoms with van der Waals surface area (Å²) in [4.78, 5) is 13.0. The smallest absolute Gasteiger partial charge is 0.264 e. The summed E-state index contributed by atoms with van der Waals surface area (Å²) in [6.45, 7) is 7.50. The van der Waals surface area contributed by atoms with Crippen LogP contribution in [-0.2, 0) is 14.8 Å². The Morgan fingerprint density at radius 2 is 1.58 bits per heavy atom. The molecule has 1 atom stereocenters. The Balaban J connectivity index is 1.90. The first-order valence-corrected chi connectivity index (χ1v) is 12.3. The molecule has 0 heterocycles. The van der Waals surface area contributed by atoms with Gasteiger partial charge in [-0.15, -0.1) is 0 Å². The molecule has 0 aromatic heterocycles. The van der Waals surface area contributed by atoms with Gasteiger partial charge < -0.3 is 5.32 Å². The van der Waals surface area contributed by atoms with Gasteiger partial charge in [-0.25, -0.2) is 12.8 Å². The third-order valence-electron chi connectivity index (χ3n) is 5.69. The molecule has 1 amide bonds. The van der Waals surface area contributed by atoms with E-state index in [0.29, 0.717) is 12.1 Å². The Hall–Kier alpha value is -3.19. The quantitative estimate of drug-likeness (QED) is 0.493. The molecule has 0 radical (unpaired) electrons. The molecule has 5 nitrogen and oxygen atoms in total. The number of nitrogens with zero attached hydrogens (tertiary/aromatic N) is 1. The molecule has 174 valence electrons. The van der Waals surface area contributed by atoms with E-state index in [4.69, 9.17) is 0 Å². The Bertz CT molecular complexity index is 1220. The number of hydrogen-bond donors (Lipinski definition) is 1. The zero-order chi connectivity index (χ0) is 24.2. The highest BCUT2D eigenvalue weighted by molar-refractivity contribution is 7.92. The number of rotatable bonds is 8. The van der Waals surface area contributed by atoms with Gasteiger partial charge in [-0.3, -0.25) is 9.10 Å². The molecule has 3 rings (SSSR count). The summed E-state index contributed by atoms with van der Waals surface area (Å²) < 4.78 is 41.2. The van der Waals surface area contributed by atoms with Crippen LogP contribution < -0.4 is 9.62 Å². The molecule has 0 aliphatic heterocycles. The van der Waals surface area contributed by atoms with Gasteiger partial charge >= 0.3 is 0 Å². The van der Waals surface area contributed by atoms with Crippen molar-refractivity contribution in [2.75, 3.05) is 10.8 Å². The van der Waals surface area contributed by atoms with Crippen molar-refractivity contribution in [1.29, 1.82) is 0 Å². The fraction of sp³-hybridized carbons (Fsp3) is 0.269. The summed E-state index contributed by atoms with van der Waals surface area (Å²) in [6, 6.07) is 17.2. The lowest BCUT2D eigenvalue weighted by Crippen LogP contribution is -2.42. The third kappa shape index (κ3) is 5.79. The monoisotopic (exact) mass is 468 g/mol. The van der Waals surface area contributed by atoms with E-state index in [1.165, 1.54) is 12.1 Å². The molecule has 7 heteroatoms. The van der Waals surface area contributed by atoms with Crippen molar-refractivity contribution in [2.45, 2.75) is 45.1 Å². The lowest BCUT2D eigenvalue weighted by atomic mass is 9.99. The van der Waals surface area contributed by atoms with Gasteiger partial charge in [-0.1, -0.05) is 42.8 Å². The van der Waals surface area contributed by atoms with Crippen LogP contribution in [0, 0.1) is 26.6 Å². The van der Waals surface area contributed by atoms with Crippen LogP contribution in [0.4, 0.5) is 10.1 Å². The molecule has 3 aromatic carbocycles. The summed E-state index contributed by atoms with van der Waals surface area (Å²) in [5, 5.41) is 2.97. The molecule has 3 aromatic rings. The highest BCUT2D eigenvalue weighted by Crippen LogP contribution is 2.25. The van der Waals surface area contributed by atoms with Crippen LogP contribution in [0.3, 0.4) is 0 Å². The number of nitrogens with one attached hydrogen (secondary N) is 1. The van der Waals surface area contributed by atoms with Crippen LogP contribution in [0.5, 0.6) is 0 Å².